The first-order chi connectivity index (χ1) is 7.81. The molecule has 0 heterocycles. The van der Waals surface area contributed by atoms with Gasteiger partial charge in [0.1, 0.15) is 0 Å². The van der Waals surface area contributed by atoms with Crippen LogP contribution in [-0.2, 0) is 0 Å². The maximum absolute atomic E-state index is 9.72. The van der Waals surface area contributed by atoms with Gasteiger partial charge in [-0.15, -0.1) is 0 Å². The van der Waals surface area contributed by atoms with Gasteiger partial charge in [0.25, 0.3) is 0 Å². The van der Waals surface area contributed by atoms with E-state index in [1.54, 1.807) is 0 Å². The van der Waals surface area contributed by atoms with Gasteiger partial charge in [-0.25, -0.2) is 0 Å². The standard InChI is InChI=1S/C14H22ClNO/c1-11(12-7-5-6-8-13(12)15)16(4)10-9-14(2,3)17/h5-8,11,17H,9-10H2,1-4H3. The van der Waals surface area contributed by atoms with Crippen molar-refractivity contribution in [2.45, 2.75) is 38.8 Å². The first kappa shape index (κ1) is 14.5. The summed E-state index contributed by atoms with van der Waals surface area (Å²) in [6.45, 7) is 6.64. The molecule has 3 heteroatoms. The molecule has 1 aromatic carbocycles. The van der Waals surface area contributed by atoms with Crippen molar-refractivity contribution in [1.29, 1.82) is 0 Å². The zero-order valence-corrected chi connectivity index (χ0v) is 11.8. The minimum atomic E-state index is -0.617. The molecule has 17 heavy (non-hydrogen) atoms. The Morgan fingerprint density at radius 2 is 1.94 bits per heavy atom. The summed E-state index contributed by atoms with van der Waals surface area (Å²) in [5.74, 6) is 0. The van der Waals surface area contributed by atoms with Crippen LogP contribution in [0.25, 0.3) is 0 Å². The summed E-state index contributed by atoms with van der Waals surface area (Å²) in [5, 5.41) is 10.5. The Kier molecular flexibility index (Phi) is 4.99. The van der Waals surface area contributed by atoms with Crippen LogP contribution in [0, 0.1) is 0 Å². The van der Waals surface area contributed by atoms with Gasteiger partial charge in [0.05, 0.1) is 5.60 Å². The lowest BCUT2D eigenvalue weighted by atomic mass is 10.0. The van der Waals surface area contributed by atoms with Crippen molar-refractivity contribution in [1.82, 2.24) is 4.90 Å². The summed E-state index contributed by atoms with van der Waals surface area (Å²) >= 11 is 6.18. The zero-order chi connectivity index (χ0) is 13.1. The number of aliphatic hydroxyl groups is 1. The fourth-order valence-corrected chi connectivity index (χ4v) is 1.99. The van der Waals surface area contributed by atoms with Crippen LogP contribution in [0.4, 0.5) is 0 Å². The summed E-state index contributed by atoms with van der Waals surface area (Å²) < 4.78 is 0. The van der Waals surface area contributed by atoms with Crippen molar-refractivity contribution in [3.63, 3.8) is 0 Å². The van der Waals surface area contributed by atoms with Crippen LogP contribution < -0.4 is 0 Å². The maximum Gasteiger partial charge on any atom is 0.0603 e. The number of rotatable bonds is 5. The lowest BCUT2D eigenvalue weighted by Crippen LogP contribution is -2.30. The third-order valence-corrected chi connectivity index (χ3v) is 3.44. The van der Waals surface area contributed by atoms with Crippen LogP contribution in [0.5, 0.6) is 0 Å². The fraction of sp³-hybridized carbons (Fsp3) is 0.571. The van der Waals surface area contributed by atoms with Crippen LogP contribution in [0.2, 0.25) is 5.02 Å². The molecule has 0 radical (unpaired) electrons. The van der Waals surface area contributed by atoms with E-state index in [4.69, 9.17) is 11.6 Å². The van der Waals surface area contributed by atoms with Crippen LogP contribution in [0.1, 0.15) is 38.8 Å². The van der Waals surface area contributed by atoms with Gasteiger partial charge in [0, 0.05) is 17.6 Å². The summed E-state index contributed by atoms with van der Waals surface area (Å²) in [6, 6.07) is 8.16. The average Bonchev–Trinajstić information content (AvgIpc) is 2.24. The second-order valence-electron chi connectivity index (χ2n) is 5.24. The Labute approximate surface area is 109 Å². The molecule has 0 saturated carbocycles. The van der Waals surface area contributed by atoms with Crippen LogP contribution in [0.15, 0.2) is 24.3 Å². The largest absolute Gasteiger partial charge is 0.390 e. The van der Waals surface area contributed by atoms with E-state index in [1.165, 1.54) is 0 Å². The van der Waals surface area contributed by atoms with E-state index >= 15 is 0 Å². The topological polar surface area (TPSA) is 23.5 Å². The van der Waals surface area contributed by atoms with Gasteiger partial charge < -0.3 is 5.11 Å². The summed E-state index contributed by atoms with van der Waals surface area (Å²) in [6.07, 6.45) is 0.748. The van der Waals surface area contributed by atoms with Crippen LogP contribution in [-0.4, -0.2) is 29.2 Å². The predicted molar refractivity (Wildman–Crippen MR) is 73.4 cm³/mol. The molecule has 0 aliphatic rings. The van der Waals surface area contributed by atoms with E-state index < -0.39 is 5.60 Å². The molecule has 0 amide bonds. The number of hydrogen-bond acceptors (Lipinski definition) is 2. The third-order valence-electron chi connectivity index (χ3n) is 3.09. The van der Waals surface area contributed by atoms with E-state index in [9.17, 15) is 5.11 Å². The number of benzene rings is 1. The van der Waals surface area contributed by atoms with Crippen molar-refractivity contribution in [3.8, 4) is 0 Å². The van der Waals surface area contributed by atoms with Crippen molar-refractivity contribution < 1.29 is 5.11 Å². The Hall–Kier alpha value is -0.570. The highest BCUT2D eigenvalue weighted by Gasteiger charge is 2.18. The molecule has 96 valence electrons. The third kappa shape index (κ3) is 4.66. The van der Waals surface area contributed by atoms with Gasteiger partial charge in [0.2, 0.25) is 0 Å². The van der Waals surface area contributed by atoms with Gasteiger partial charge in [-0.1, -0.05) is 29.8 Å². The minimum absolute atomic E-state index is 0.256. The molecular formula is C14H22ClNO. The minimum Gasteiger partial charge on any atom is -0.390 e. The predicted octanol–water partition coefficient (Wildman–Crippen LogP) is 3.49. The molecule has 1 rings (SSSR count). The van der Waals surface area contributed by atoms with Crippen molar-refractivity contribution in [3.05, 3.63) is 34.9 Å². The van der Waals surface area contributed by atoms with Gasteiger partial charge in [-0.05, 0) is 45.9 Å². The van der Waals surface area contributed by atoms with E-state index in [0.29, 0.717) is 0 Å². The van der Waals surface area contributed by atoms with Gasteiger partial charge >= 0.3 is 0 Å². The highest BCUT2D eigenvalue weighted by molar-refractivity contribution is 6.31. The van der Waals surface area contributed by atoms with E-state index in [-0.39, 0.29) is 6.04 Å². The van der Waals surface area contributed by atoms with Crippen molar-refractivity contribution >= 4 is 11.6 Å². The molecule has 0 aliphatic heterocycles. The quantitative estimate of drug-likeness (QED) is 0.871. The SMILES string of the molecule is CC(c1ccccc1Cl)N(C)CCC(C)(C)O. The number of hydrogen-bond donors (Lipinski definition) is 1. The highest BCUT2D eigenvalue weighted by Crippen LogP contribution is 2.26. The average molecular weight is 256 g/mol. The zero-order valence-electron chi connectivity index (χ0n) is 11.1. The monoisotopic (exact) mass is 255 g/mol. The molecule has 1 unspecified atom stereocenters. The van der Waals surface area contributed by atoms with Gasteiger partial charge in [-0.3, -0.25) is 4.90 Å². The number of halogens is 1. The molecule has 0 saturated heterocycles. The smallest absolute Gasteiger partial charge is 0.0603 e. The molecular weight excluding hydrogens is 234 g/mol. The molecule has 1 atom stereocenters. The molecule has 0 spiro atoms. The molecule has 1 N–H and O–H groups in total. The second kappa shape index (κ2) is 5.85. The normalized spacial score (nSPS) is 14.1. The Morgan fingerprint density at radius 3 is 2.47 bits per heavy atom. The van der Waals surface area contributed by atoms with Gasteiger partial charge in [0.15, 0.2) is 0 Å². The van der Waals surface area contributed by atoms with E-state index in [1.807, 2.05) is 38.1 Å². The first-order valence-corrected chi connectivity index (χ1v) is 6.36. The molecule has 0 fully saturated rings. The molecule has 0 bridgehead atoms. The molecule has 0 aromatic heterocycles. The molecule has 2 nitrogen and oxygen atoms in total. The highest BCUT2D eigenvalue weighted by atomic mass is 35.5. The van der Waals surface area contributed by atoms with Crippen molar-refractivity contribution in [2.24, 2.45) is 0 Å². The second-order valence-corrected chi connectivity index (χ2v) is 5.65. The first-order valence-electron chi connectivity index (χ1n) is 5.98. The molecule has 0 aliphatic carbocycles. The summed E-state index contributed by atoms with van der Waals surface area (Å²) in [5.41, 5.74) is 0.515. The maximum atomic E-state index is 9.72. The summed E-state index contributed by atoms with van der Waals surface area (Å²) in [7, 11) is 2.06. The fourth-order valence-electron chi connectivity index (χ4n) is 1.69. The number of nitrogens with zero attached hydrogens (tertiary/aromatic N) is 1. The van der Waals surface area contributed by atoms with E-state index in [2.05, 4.69) is 18.9 Å². The lowest BCUT2D eigenvalue weighted by molar-refractivity contribution is 0.0565. The van der Waals surface area contributed by atoms with Crippen molar-refractivity contribution in [2.75, 3.05) is 13.6 Å². The lowest BCUT2D eigenvalue weighted by Gasteiger charge is -2.28. The summed E-state index contributed by atoms with van der Waals surface area (Å²) in [4.78, 5) is 2.21. The van der Waals surface area contributed by atoms with Crippen LogP contribution >= 0.6 is 11.6 Å². The Bertz CT molecular complexity index is 359. The van der Waals surface area contributed by atoms with Crippen LogP contribution in [0.3, 0.4) is 0 Å². The Morgan fingerprint density at radius 1 is 1.35 bits per heavy atom. The molecule has 1 aromatic rings. The van der Waals surface area contributed by atoms with Gasteiger partial charge in [-0.2, -0.15) is 0 Å². The Balaban J connectivity index is 2.64. The van der Waals surface area contributed by atoms with E-state index in [0.717, 1.165) is 23.6 Å².